The lowest BCUT2D eigenvalue weighted by atomic mass is 9.74. The molecule has 2 aromatic rings. The van der Waals surface area contributed by atoms with Gasteiger partial charge in [0.05, 0.1) is 6.10 Å². The highest BCUT2D eigenvalue weighted by atomic mass is 19.1. The van der Waals surface area contributed by atoms with E-state index in [-0.39, 0.29) is 5.82 Å². The van der Waals surface area contributed by atoms with Gasteiger partial charge in [-0.05, 0) is 47.6 Å². The Hall–Kier alpha value is -1.67. The van der Waals surface area contributed by atoms with Gasteiger partial charge < -0.3 is 5.11 Å². The molecule has 2 unspecified atom stereocenters. The van der Waals surface area contributed by atoms with Gasteiger partial charge in [0.1, 0.15) is 5.82 Å². The number of aliphatic hydroxyl groups excluding tert-OH is 1. The third-order valence-electron chi connectivity index (χ3n) is 3.70. The quantitative estimate of drug-likeness (QED) is 0.872. The maximum atomic E-state index is 13.1. The molecule has 2 heteroatoms. The second kappa shape index (κ2) is 4.54. The fourth-order valence-electron chi connectivity index (χ4n) is 2.69. The molecule has 18 heavy (non-hydrogen) atoms. The number of fused-ring (bicyclic) bond motifs is 1. The van der Waals surface area contributed by atoms with Crippen LogP contribution in [0, 0.1) is 5.82 Å². The number of hydrogen-bond donors (Lipinski definition) is 1. The second-order valence-electron chi connectivity index (χ2n) is 4.91. The van der Waals surface area contributed by atoms with Crippen LogP contribution in [0.1, 0.15) is 35.1 Å². The van der Waals surface area contributed by atoms with Crippen molar-refractivity contribution in [3.63, 3.8) is 0 Å². The smallest absolute Gasteiger partial charge is 0.123 e. The van der Waals surface area contributed by atoms with Crippen molar-refractivity contribution in [1.82, 2.24) is 0 Å². The molecule has 0 amide bonds. The van der Waals surface area contributed by atoms with Crippen molar-refractivity contribution in [3.05, 3.63) is 71.0 Å². The van der Waals surface area contributed by atoms with Crippen LogP contribution in [-0.4, -0.2) is 5.11 Å². The van der Waals surface area contributed by atoms with E-state index >= 15 is 0 Å². The minimum absolute atomic E-state index is 0.291. The maximum absolute atomic E-state index is 13.1. The fourth-order valence-corrected chi connectivity index (χ4v) is 2.69. The molecule has 1 nitrogen and oxygen atoms in total. The summed E-state index contributed by atoms with van der Waals surface area (Å²) in [6, 6.07) is 14.5. The highest BCUT2D eigenvalue weighted by Gasteiger charge is 2.27. The largest absolute Gasteiger partial charge is 0.388 e. The number of benzene rings is 2. The normalized spacial score (nSPS) is 18.9. The van der Waals surface area contributed by atoms with Crippen LogP contribution < -0.4 is 0 Å². The average molecular weight is 242 g/mol. The zero-order valence-corrected chi connectivity index (χ0v) is 10.0. The molecule has 0 radical (unpaired) electrons. The summed E-state index contributed by atoms with van der Waals surface area (Å²) in [5.41, 5.74) is 3.36. The molecule has 0 saturated heterocycles. The van der Waals surface area contributed by atoms with Crippen molar-refractivity contribution in [1.29, 1.82) is 0 Å². The third-order valence-corrected chi connectivity index (χ3v) is 3.70. The highest BCUT2D eigenvalue weighted by Crippen LogP contribution is 2.40. The van der Waals surface area contributed by atoms with Gasteiger partial charge in [-0.15, -0.1) is 0 Å². The van der Waals surface area contributed by atoms with E-state index < -0.39 is 6.10 Å². The molecule has 0 aliphatic heterocycles. The van der Waals surface area contributed by atoms with E-state index in [2.05, 4.69) is 12.1 Å². The molecule has 1 N–H and O–H groups in total. The molecule has 0 fully saturated rings. The van der Waals surface area contributed by atoms with Gasteiger partial charge in [-0.1, -0.05) is 36.4 Å². The first kappa shape index (κ1) is 11.4. The molecule has 92 valence electrons. The second-order valence-corrected chi connectivity index (χ2v) is 4.91. The van der Waals surface area contributed by atoms with Gasteiger partial charge in [0.25, 0.3) is 0 Å². The van der Waals surface area contributed by atoms with Crippen molar-refractivity contribution in [2.75, 3.05) is 0 Å². The molecule has 1 aliphatic rings. The number of rotatable bonds is 3. The number of aliphatic hydroxyl groups is 1. The van der Waals surface area contributed by atoms with Crippen LogP contribution in [0.2, 0.25) is 0 Å². The van der Waals surface area contributed by atoms with Gasteiger partial charge in [0.2, 0.25) is 0 Å². The fraction of sp³-hybridized carbons (Fsp3) is 0.250. The molecule has 1 aliphatic carbocycles. The van der Waals surface area contributed by atoms with Crippen LogP contribution >= 0.6 is 0 Å². The van der Waals surface area contributed by atoms with Crippen LogP contribution in [0.25, 0.3) is 0 Å². The minimum atomic E-state index is -0.584. The molecular weight excluding hydrogens is 227 g/mol. The standard InChI is InChI=1S/C16H15FO/c17-14-6-3-5-12(9-14)16(18)10-13-8-11-4-1-2-7-15(11)13/h1-7,9,13,16,18H,8,10H2. The molecule has 3 rings (SSSR count). The van der Waals surface area contributed by atoms with E-state index in [0.29, 0.717) is 17.9 Å². The molecular formula is C16H15FO. The monoisotopic (exact) mass is 242 g/mol. The average Bonchev–Trinajstić information content (AvgIpc) is 2.36. The van der Waals surface area contributed by atoms with Crippen molar-refractivity contribution < 1.29 is 9.50 Å². The Balaban J connectivity index is 1.72. The summed E-state index contributed by atoms with van der Waals surface area (Å²) in [4.78, 5) is 0. The lowest BCUT2D eigenvalue weighted by Gasteiger charge is -2.31. The highest BCUT2D eigenvalue weighted by molar-refractivity contribution is 5.40. The summed E-state index contributed by atoms with van der Waals surface area (Å²) in [6.07, 6.45) is 1.10. The Kier molecular flexibility index (Phi) is 2.88. The first-order valence-electron chi connectivity index (χ1n) is 6.25. The first-order chi connectivity index (χ1) is 8.74. The Morgan fingerprint density at radius 3 is 2.78 bits per heavy atom. The molecule has 0 saturated carbocycles. The lowest BCUT2D eigenvalue weighted by Crippen LogP contribution is -2.19. The van der Waals surface area contributed by atoms with E-state index in [9.17, 15) is 9.50 Å². The van der Waals surface area contributed by atoms with Crippen molar-refractivity contribution in [3.8, 4) is 0 Å². The summed E-state index contributed by atoms with van der Waals surface area (Å²) in [6.45, 7) is 0. The maximum Gasteiger partial charge on any atom is 0.123 e. The van der Waals surface area contributed by atoms with E-state index in [1.54, 1.807) is 12.1 Å². The summed E-state index contributed by atoms with van der Waals surface area (Å²) in [5.74, 6) is 0.111. The molecule has 0 heterocycles. The van der Waals surface area contributed by atoms with E-state index in [1.165, 1.54) is 23.3 Å². The lowest BCUT2D eigenvalue weighted by molar-refractivity contribution is 0.153. The van der Waals surface area contributed by atoms with E-state index in [4.69, 9.17) is 0 Å². The predicted octanol–water partition coefficient (Wildman–Crippen LogP) is 3.59. The molecule has 2 atom stereocenters. The molecule has 0 bridgehead atoms. The Labute approximate surface area is 106 Å². The summed E-state index contributed by atoms with van der Waals surface area (Å²) in [7, 11) is 0. The van der Waals surface area contributed by atoms with Crippen LogP contribution in [0.15, 0.2) is 48.5 Å². The van der Waals surface area contributed by atoms with Gasteiger partial charge in [0.15, 0.2) is 0 Å². The summed E-state index contributed by atoms with van der Waals surface area (Å²) >= 11 is 0. The Morgan fingerprint density at radius 2 is 2.00 bits per heavy atom. The van der Waals surface area contributed by atoms with Crippen molar-refractivity contribution in [2.24, 2.45) is 0 Å². The first-order valence-corrected chi connectivity index (χ1v) is 6.25. The van der Waals surface area contributed by atoms with Crippen LogP contribution in [0.3, 0.4) is 0 Å². The Bertz CT molecular complexity index is 565. The molecule has 0 aromatic heterocycles. The van der Waals surface area contributed by atoms with Gasteiger partial charge in [-0.25, -0.2) is 4.39 Å². The zero-order valence-electron chi connectivity index (χ0n) is 10.0. The SMILES string of the molecule is OC(CC1Cc2ccccc21)c1cccc(F)c1. The Morgan fingerprint density at radius 1 is 1.17 bits per heavy atom. The van der Waals surface area contributed by atoms with Gasteiger partial charge >= 0.3 is 0 Å². The van der Waals surface area contributed by atoms with Gasteiger partial charge in [0, 0.05) is 0 Å². The number of halogens is 1. The molecule has 2 aromatic carbocycles. The van der Waals surface area contributed by atoms with Gasteiger partial charge in [-0.3, -0.25) is 0 Å². The van der Waals surface area contributed by atoms with Crippen LogP contribution in [0.4, 0.5) is 4.39 Å². The molecule has 0 spiro atoms. The van der Waals surface area contributed by atoms with Crippen LogP contribution in [-0.2, 0) is 6.42 Å². The summed E-state index contributed by atoms with van der Waals surface area (Å²) in [5, 5.41) is 10.1. The van der Waals surface area contributed by atoms with E-state index in [1.807, 2.05) is 12.1 Å². The summed E-state index contributed by atoms with van der Waals surface area (Å²) < 4.78 is 13.1. The van der Waals surface area contributed by atoms with Crippen molar-refractivity contribution >= 4 is 0 Å². The topological polar surface area (TPSA) is 20.2 Å². The van der Waals surface area contributed by atoms with Crippen LogP contribution in [0.5, 0.6) is 0 Å². The minimum Gasteiger partial charge on any atom is -0.388 e. The van der Waals surface area contributed by atoms with E-state index in [0.717, 1.165) is 6.42 Å². The third kappa shape index (κ3) is 2.04. The van der Waals surface area contributed by atoms with Crippen molar-refractivity contribution in [2.45, 2.75) is 24.9 Å². The predicted molar refractivity (Wildman–Crippen MR) is 68.9 cm³/mol. The zero-order chi connectivity index (χ0) is 12.5. The number of hydrogen-bond acceptors (Lipinski definition) is 1. The van der Waals surface area contributed by atoms with Gasteiger partial charge in [-0.2, -0.15) is 0 Å².